The Hall–Kier alpha value is 0.425. The molecule has 0 N–H and O–H groups in total. The third-order valence-electron chi connectivity index (χ3n) is 1.00. The fourth-order valence-electron chi connectivity index (χ4n) is 0.476. The van der Waals surface area contributed by atoms with Crippen LogP contribution in [0.2, 0.25) is 0 Å². The molecule has 1 aromatic heterocycles. The highest BCUT2D eigenvalue weighted by Gasteiger charge is 1.93. The summed E-state index contributed by atoms with van der Waals surface area (Å²) >= 11 is 5.56. The molecule has 0 aliphatic heterocycles. The number of hydrogen-bond donors (Lipinski definition) is 0. The standard InChI is InChI=1S/C5H4BBrIN/c6-3-2-9-5(7)1-4(3)8/h1-2H,6H2. The van der Waals surface area contributed by atoms with Gasteiger partial charge in [-0.15, -0.1) is 0 Å². The average Bonchev–Trinajstić information content (AvgIpc) is 1.80. The summed E-state index contributed by atoms with van der Waals surface area (Å²) in [6.07, 6.45) is 1.85. The van der Waals surface area contributed by atoms with Gasteiger partial charge in [0, 0.05) is 9.77 Å². The van der Waals surface area contributed by atoms with Gasteiger partial charge in [0.1, 0.15) is 12.4 Å². The summed E-state index contributed by atoms with van der Waals surface area (Å²) in [5, 5.41) is 0. The predicted molar refractivity (Wildman–Crippen MR) is 52.8 cm³/mol. The summed E-state index contributed by atoms with van der Waals surface area (Å²) in [6, 6.07) is 2.00. The Morgan fingerprint density at radius 3 is 2.78 bits per heavy atom. The molecule has 0 atom stereocenters. The number of nitrogens with zero attached hydrogens (tertiary/aromatic N) is 1. The van der Waals surface area contributed by atoms with Crippen molar-refractivity contribution in [2.75, 3.05) is 0 Å². The van der Waals surface area contributed by atoms with Gasteiger partial charge in [-0.3, -0.25) is 0 Å². The van der Waals surface area contributed by atoms with Crippen LogP contribution in [0.3, 0.4) is 0 Å². The van der Waals surface area contributed by atoms with E-state index in [1.807, 2.05) is 20.1 Å². The van der Waals surface area contributed by atoms with Crippen molar-refractivity contribution in [2.45, 2.75) is 0 Å². The molecule has 0 unspecified atom stereocenters. The minimum atomic E-state index is 0.900. The highest BCUT2D eigenvalue weighted by atomic mass is 127. The van der Waals surface area contributed by atoms with Gasteiger partial charge in [0.15, 0.2) is 0 Å². The van der Waals surface area contributed by atoms with Crippen LogP contribution < -0.4 is 5.46 Å². The molecule has 0 aliphatic rings. The second-order valence-corrected chi connectivity index (χ2v) is 3.73. The average molecular weight is 296 g/mol. The molecule has 1 heterocycles. The SMILES string of the molecule is Bc1cnc(Br)cc1I. The molecule has 1 aromatic rings. The summed E-state index contributed by atoms with van der Waals surface area (Å²) in [4.78, 5) is 4.05. The first kappa shape index (κ1) is 7.53. The molecule has 0 amide bonds. The quantitative estimate of drug-likeness (QED) is 0.390. The molecule has 0 aliphatic carbocycles. The van der Waals surface area contributed by atoms with Gasteiger partial charge in [0.25, 0.3) is 0 Å². The van der Waals surface area contributed by atoms with E-state index in [1.165, 1.54) is 9.03 Å². The first-order chi connectivity index (χ1) is 4.20. The lowest BCUT2D eigenvalue weighted by Crippen LogP contribution is -2.07. The maximum atomic E-state index is 4.05. The van der Waals surface area contributed by atoms with Crippen LogP contribution >= 0.6 is 38.5 Å². The van der Waals surface area contributed by atoms with Crippen molar-refractivity contribution in [3.05, 3.63) is 20.4 Å². The zero-order valence-electron chi connectivity index (χ0n) is 4.86. The molecule has 0 bridgehead atoms. The minimum absolute atomic E-state index is 0.900. The van der Waals surface area contributed by atoms with E-state index in [2.05, 4.69) is 43.5 Å². The topological polar surface area (TPSA) is 12.9 Å². The fourth-order valence-corrected chi connectivity index (χ4v) is 1.67. The Labute approximate surface area is 76.9 Å². The van der Waals surface area contributed by atoms with E-state index < -0.39 is 0 Å². The van der Waals surface area contributed by atoms with Gasteiger partial charge < -0.3 is 0 Å². The third kappa shape index (κ3) is 1.93. The molecule has 0 fully saturated rings. The summed E-state index contributed by atoms with van der Waals surface area (Å²) in [7, 11) is 2.04. The zero-order valence-corrected chi connectivity index (χ0v) is 8.60. The summed E-state index contributed by atoms with van der Waals surface area (Å²) in [5.41, 5.74) is 1.22. The van der Waals surface area contributed by atoms with Crippen LogP contribution in [0.4, 0.5) is 0 Å². The molecule has 0 aromatic carbocycles. The van der Waals surface area contributed by atoms with Crippen LogP contribution in [-0.4, -0.2) is 12.8 Å². The molecule has 4 heteroatoms. The van der Waals surface area contributed by atoms with Crippen LogP contribution in [-0.2, 0) is 0 Å². The molecule has 46 valence electrons. The van der Waals surface area contributed by atoms with Crippen LogP contribution in [0.5, 0.6) is 0 Å². The van der Waals surface area contributed by atoms with Crippen molar-refractivity contribution in [3.63, 3.8) is 0 Å². The lowest BCUT2D eigenvalue weighted by molar-refractivity contribution is 1.28. The van der Waals surface area contributed by atoms with E-state index in [1.54, 1.807) is 0 Å². The molecule has 9 heavy (non-hydrogen) atoms. The molecule has 0 spiro atoms. The van der Waals surface area contributed by atoms with Gasteiger partial charge in [0.2, 0.25) is 0 Å². The van der Waals surface area contributed by atoms with E-state index in [4.69, 9.17) is 0 Å². The summed E-state index contributed by atoms with van der Waals surface area (Å²) in [6.45, 7) is 0. The molecule has 1 rings (SSSR count). The summed E-state index contributed by atoms with van der Waals surface area (Å²) < 4.78 is 2.15. The lowest BCUT2D eigenvalue weighted by Gasteiger charge is -1.94. The second-order valence-electron chi connectivity index (χ2n) is 1.76. The Balaban J connectivity index is 3.17. The zero-order chi connectivity index (χ0) is 6.85. The van der Waals surface area contributed by atoms with E-state index in [-0.39, 0.29) is 0 Å². The van der Waals surface area contributed by atoms with E-state index in [0.717, 1.165) is 4.60 Å². The van der Waals surface area contributed by atoms with Gasteiger partial charge in [-0.05, 0) is 44.6 Å². The Bertz CT molecular complexity index is 228. The molecular weight excluding hydrogens is 292 g/mol. The third-order valence-corrected chi connectivity index (χ3v) is 2.60. The minimum Gasteiger partial charge on any atom is -0.250 e. The Morgan fingerprint density at radius 1 is 1.67 bits per heavy atom. The lowest BCUT2D eigenvalue weighted by atomic mass is 9.99. The van der Waals surface area contributed by atoms with E-state index >= 15 is 0 Å². The van der Waals surface area contributed by atoms with Crippen LogP contribution in [0.25, 0.3) is 0 Å². The van der Waals surface area contributed by atoms with Crippen molar-refractivity contribution in [2.24, 2.45) is 0 Å². The smallest absolute Gasteiger partial charge is 0.142 e. The number of hydrogen-bond acceptors (Lipinski definition) is 1. The highest BCUT2D eigenvalue weighted by molar-refractivity contribution is 14.1. The first-order valence-electron chi connectivity index (χ1n) is 2.48. The molecule has 0 radical (unpaired) electrons. The number of halogens is 2. The van der Waals surface area contributed by atoms with Gasteiger partial charge in [-0.2, -0.15) is 0 Å². The fraction of sp³-hybridized carbons (Fsp3) is 0. The van der Waals surface area contributed by atoms with Crippen LogP contribution in [0.15, 0.2) is 16.9 Å². The predicted octanol–water partition coefficient (Wildman–Crippen LogP) is 0.707. The Kier molecular flexibility index (Phi) is 2.52. The van der Waals surface area contributed by atoms with Gasteiger partial charge >= 0.3 is 0 Å². The van der Waals surface area contributed by atoms with Crippen molar-refractivity contribution < 1.29 is 0 Å². The van der Waals surface area contributed by atoms with E-state index in [9.17, 15) is 0 Å². The molecule has 0 saturated heterocycles. The maximum Gasteiger partial charge on any atom is 0.142 e. The second kappa shape index (κ2) is 3.01. The monoisotopic (exact) mass is 295 g/mol. The number of aromatic nitrogens is 1. The first-order valence-corrected chi connectivity index (χ1v) is 4.35. The van der Waals surface area contributed by atoms with Crippen molar-refractivity contribution in [3.8, 4) is 0 Å². The van der Waals surface area contributed by atoms with Crippen LogP contribution in [0, 0.1) is 3.57 Å². The van der Waals surface area contributed by atoms with Crippen molar-refractivity contribution >= 4 is 51.8 Å². The summed E-state index contributed by atoms with van der Waals surface area (Å²) in [5.74, 6) is 0. The van der Waals surface area contributed by atoms with Gasteiger partial charge in [-0.25, -0.2) is 4.98 Å². The largest absolute Gasteiger partial charge is 0.250 e. The highest BCUT2D eigenvalue weighted by Crippen LogP contribution is 2.07. The van der Waals surface area contributed by atoms with Crippen LogP contribution in [0.1, 0.15) is 0 Å². The number of pyridine rings is 1. The molecule has 0 saturated carbocycles. The normalized spacial score (nSPS) is 9.56. The maximum absolute atomic E-state index is 4.05. The Morgan fingerprint density at radius 2 is 2.33 bits per heavy atom. The molecule has 1 nitrogen and oxygen atoms in total. The van der Waals surface area contributed by atoms with Crippen molar-refractivity contribution in [1.29, 1.82) is 0 Å². The van der Waals surface area contributed by atoms with Gasteiger partial charge in [0.05, 0.1) is 0 Å². The number of rotatable bonds is 0. The van der Waals surface area contributed by atoms with Gasteiger partial charge in [-0.1, -0.05) is 5.46 Å². The molecular formula is C5H4BBrIN. The van der Waals surface area contributed by atoms with Crippen molar-refractivity contribution in [1.82, 2.24) is 4.98 Å². The van der Waals surface area contributed by atoms with E-state index in [0.29, 0.717) is 0 Å².